The molecule has 1 N–H and O–H groups in total. The normalized spacial score (nSPS) is 18.8. The van der Waals surface area contributed by atoms with Crippen LogP contribution in [0.25, 0.3) is 0 Å². The number of aromatic nitrogens is 1. The molecule has 164 valence electrons. The van der Waals surface area contributed by atoms with Crippen LogP contribution in [0.15, 0.2) is 48.7 Å². The van der Waals surface area contributed by atoms with Crippen molar-refractivity contribution in [1.29, 1.82) is 0 Å². The number of nitrogens with one attached hydrogen (secondary N) is 1. The predicted octanol–water partition coefficient (Wildman–Crippen LogP) is 2.60. The van der Waals surface area contributed by atoms with Crippen molar-refractivity contribution in [3.05, 3.63) is 48.7 Å². The van der Waals surface area contributed by atoms with E-state index < -0.39 is 0 Å². The fraction of sp³-hybridized carbons (Fsp3) is 0.429. The van der Waals surface area contributed by atoms with Crippen LogP contribution in [0.4, 0.5) is 0 Å². The van der Waals surface area contributed by atoms with Gasteiger partial charge in [0.1, 0.15) is 11.5 Å². The molecule has 1 aromatic carbocycles. The van der Waals surface area contributed by atoms with Gasteiger partial charge in [0.25, 0.3) is 5.91 Å². The Kier molecular flexibility index (Phi) is 9.65. The molecule has 3 heterocycles. The lowest BCUT2D eigenvalue weighted by Crippen LogP contribution is -2.49. The number of carbonyl (C=O) groups is 1. The van der Waals surface area contributed by atoms with E-state index >= 15 is 0 Å². The van der Waals surface area contributed by atoms with Gasteiger partial charge < -0.3 is 19.7 Å². The number of amides is 1. The highest BCUT2D eigenvalue weighted by Gasteiger charge is 2.30. The molecular formula is C21H28Cl2N4O3. The van der Waals surface area contributed by atoms with Crippen LogP contribution in [-0.2, 0) is 4.79 Å². The summed E-state index contributed by atoms with van der Waals surface area (Å²) in [4.78, 5) is 21.0. The Hall–Kier alpha value is -2.06. The molecule has 9 heteroatoms. The lowest BCUT2D eigenvalue weighted by atomic mass is 10.2. The average molecular weight is 455 g/mol. The summed E-state index contributed by atoms with van der Waals surface area (Å²) in [7, 11) is 0. The average Bonchev–Trinajstić information content (AvgIpc) is 3.25. The van der Waals surface area contributed by atoms with Gasteiger partial charge in [-0.2, -0.15) is 0 Å². The van der Waals surface area contributed by atoms with E-state index in [9.17, 15) is 4.79 Å². The Labute approximate surface area is 189 Å². The van der Waals surface area contributed by atoms with Crippen LogP contribution in [0, 0.1) is 0 Å². The molecule has 4 rings (SSSR count). The first-order valence-corrected chi connectivity index (χ1v) is 9.82. The standard InChI is InChI=1S/C21H26N4O3.2ClH/c26-21(25-12-8-17(15-25)24-13-10-22-11-14-24)16-27-18-4-6-19(7-5-18)28-20-3-1-2-9-23-20;;/h1-7,9,17,22H,8,10-16H2;2*1H. The maximum absolute atomic E-state index is 12.5. The van der Waals surface area contributed by atoms with Crippen molar-refractivity contribution < 1.29 is 14.3 Å². The van der Waals surface area contributed by atoms with E-state index in [2.05, 4.69) is 15.2 Å². The molecule has 0 aliphatic carbocycles. The molecule has 2 aliphatic rings. The van der Waals surface area contributed by atoms with Gasteiger partial charge in [0, 0.05) is 57.6 Å². The number of hydrogen-bond donors (Lipinski definition) is 1. The van der Waals surface area contributed by atoms with E-state index in [-0.39, 0.29) is 37.3 Å². The van der Waals surface area contributed by atoms with Crippen LogP contribution in [-0.4, -0.2) is 72.6 Å². The topological polar surface area (TPSA) is 66.9 Å². The van der Waals surface area contributed by atoms with Gasteiger partial charge in [-0.05, 0) is 36.8 Å². The molecule has 7 nitrogen and oxygen atoms in total. The molecule has 1 amide bonds. The zero-order chi connectivity index (χ0) is 19.2. The lowest BCUT2D eigenvalue weighted by Gasteiger charge is -2.32. The number of pyridine rings is 1. The summed E-state index contributed by atoms with van der Waals surface area (Å²) in [5.41, 5.74) is 0. The molecule has 0 radical (unpaired) electrons. The first kappa shape index (κ1) is 24.2. The van der Waals surface area contributed by atoms with E-state index in [0.717, 1.165) is 45.7 Å². The Morgan fingerprint density at radius 3 is 2.47 bits per heavy atom. The van der Waals surface area contributed by atoms with Gasteiger partial charge in [-0.25, -0.2) is 4.98 Å². The van der Waals surface area contributed by atoms with Gasteiger partial charge >= 0.3 is 0 Å². The van der Waals surface area contributed by atoms with Crippen LogP contribution < -0.4 is 14.8 Å². The van der Waals surface area contributed by atoms with E-state index in [1.807, 2.05) is 29.2 Å². The largest absolute Gasteiger partial charge is 0.484 e. The first-order chi connectivity index (χ1) is 13.8. The zero-order valence-electron chi connectivity index (χ0n) is 16.7. The summed E-state index contributed by atoms with van der Waals surface area (Å²) in [5.74, 6) is 1.92. The number of piperazine rings is 1. The fourth-order valence-corrected chi connectivity index (χ4v) is 3.68. The van der Waals surface area contributed by atoms with Crippen LogP contribution >= 0.6 is 24.8 Å². The number of ether oxygens (including phenoxy) is 2. The molecule has 1 atom stereocenters. The molecule has 30 heavy (non-hydrogen) atoms. The minimum atomic E-state index is 0. The van der Waals surface area contributed by atoms with Crippen molar-refractivity contribution in [3.8, 4) is 17.4 Å². The van der Waals surface area contributed by atoms with Crippen molar-refractivity contribution in [1.82, 2.24) is 20.1 Å². The number of benzene rings is 1. The van der Waals surface area contributed by atoms with E-state index in [1.54, 1.807) is 24.4 Å². The maximum Gasteiger partial charge on any atom is 0.260 e. The Bertz CT molecular complexity index is 774. The molecular weight excluding hydrogens is 427 g/mol. The quantitative estimate of drug-likeness (QED) is 0.723. The number of halogens is 2. The van der Waals surface area contributed by atoms with Crippen LogP contribution in [0.5, 0.6) is 17.4 Å². The summed E-state index contributed by atoms with van der Waals surface area (Å²) in [6.07, 6.45) is 2.73. The van der Waals surface area contributed by atoms with Crippen molar-refractivity contribution in [2.45, 2.75) is 12.5 Å². The molecule has 2 aromatic rings. The predicted molar refractivity (Wildman–Crippen MR) is 120 cm³/mol. The number of hydrogen-bond acceptors (Lipinski definition) is 6. The number of carbonyl (C=O) groups excluding carboxylic acids is 1. The lowest BCUT2D eigenvalue weighted by molar-refractivity contribution is -0.132. The van der Waals surface area contributed by atoms with E-state index in [0.29, 0.717) is 23.4 Å². The molecule has 2 fully saturated rings. The highest BCUT2D eigenvalue weighted by atomic mass is 35.5. The van der Waals surface area contributed by atoms with E-state index in [4.69, 9.17) is 9.47 Å². The summed E-state index contributed by atoms with van der Waals surface area (Å²) in [6.45, 7) is 5.88. The van der Waals surface area contributed by atoms with Crippen LogP contribution in [0.1, 0.15) is 6.42 Å². The van der Waals surface area contributed by atoms with Crippen LogP contribution in [0.3, 0.4) is 0 Å². The third-order valence-corrected chi connectivity index (χ3v) is 5.23. The van der Waals surface area contributed by atoms with Gasteiger partial charge in [0.2, 0.25) is 5.88 Å². The van der Waals surface area contributed by atoms with Crippen molar-refractivity contribution in [2.24, 2.45) is 0 Å². The third-order valence-electron chi connectivity index (χ3n) is 5.23. The number of likely N-dealkylation sites (tertiary alicyclic amines) is 1. The molecule has 2 saturated heterocycles. The molecule has 2 aliphatic heterocycles. The van der Waals surface area contributed by atoms with Gasteiger partial charge in [0.15, 0.2) is 6.61 Å². The molecule has 1 aromatic heterocycles. The summed E-state index contributed by atoms with van der Waals surface area (Å²) < 4.78 is 11.3. The summed E-state index contributed by atoms with van der Waals surface area (Å²) >= 11 is 0. The van der Waals surface area contributed by atoms with Crippen molar-refractivity contribution in [2.75, 3.05) is 45.9 Å². The van der Waals surface area contributed by atoms with Crippen molar-refractivity contribution >= 4 is 30.7 Å². The SMILES string of the molecule is Cl.Cl.O=C(COc1ccc(Oc2ccccn2)cc1)N1CCC(N2CCNCC2)C1. The molecule has 0 saturated carbocycles. The molecule has 0 bridgehead atoms. The third kappa shape index (κ3) is 6.47. The zero-order valence-corrected chi connectivity index (χ0v) is 18.4. The minimum absolute atomic E-state index is 0. The monoisotopic (exact) mass is 454 g/mol. The fourth-order valence-electron chi connectivity index (χ4n) is 3.68. The second kappa shape index (κ2) is 12.0. The highest BCUT2D eigenvalue weighted by Crippen LogP contribution is 2.22. The minimum Gasteiger partial charge on any atom is -0.484 e. The van der Waals surface area contributed by atoms with Gasteiger partial charge in [0.05, 0.1) is 0 Å². The maximum atomic E-state index is 12.5. The second-order valence-electron chi connectivity index (χ2n) is 7.10. The summed E-state index contributed by atoms with van der Waals surface area (Å²) in [6, 6.07) is 13.2. The Morgan fingerprint density at radius 1 is 1.03 bits per heavy atom. The van der Waals surface area contributed by atoms with E-state index in [1.165, 1.54) is 0 Å². The van der Waals surface area contributed by atoms with Gasteiger partial charge in [-0.15, -0.1) is 24.8 Å². The Morgan fingerprint density at radius 2 is 1.77 bits per heavy atom. The summed E-state index contributed by atoms with van der Waals surface area (Å²) in [5, 5.41) is 3.37. The second-order valence-corrected chi connectivity index (χ2v) is 7.10. The van der Waals surface area contributed by atoms with Crippen LogP contribution in [0.2, 0.25) is 0 Å². The highest BCUT2D eigenvalue weighted by molar-refractivity contribution is 5.85. The van der Waals surface area contributed by atoms with Gasteiger partial charge in [-0.3, -0.25) is 9.69 Å². The van der Waals surface area contributed by atoms with Gasteiger partial charge in [-0.1, -0.05) is 6.07 Å². The first-order valence-electron chi connectivity index (χ1n) is 9.82. The van der Waals surface area contributed by atoms with Crippen molar-refractivity contribution in [3.63, 3.8) is 0 Å². The molecule has 1 unspecified atom stereocenters. The number of rotatable bonds is 6. The molecule has 0 spiro atoms. The smallest absolute Gasteiger partial charge is 0.260 e. The Balaban J connectivity index is 0.00000160. The number of nitrogens with zero attached hydrogens (tertiary/aromatic N) is 3.